The molecular formula is C30H27NO5. The standard InChI is InChI=1S/C30H27NO5/c1-4-35-23-15-11-20(12-16-23)27-26(28(32)25-17-21-7-5-6-8-24(21)36-25)29(33)30(34)31(27)22-13-9-19(10-14-22)18(2)3/h5-18,27,33H,4H2,1-3H3. The first-order valence-electron chi connectivity index (χ1n) is 12.0. The molecule has 1 aliphatic rings. The number of ether oxygens (including phenoxy) is 1. The van der Waals surface area contributed by atoms with Crippen molar-refractivity contribution in [3.8, 4) is 5.75 Å². The highest BCUT2D eigenvalue weighted by Gasteiger charge is 2.45. The number of hydrogen-bond acceptors (Lipinski definition) is 5. The summed E-state index contributed by atoms with van der Waals surface area (Å²) in [6, 6.07) is 22.9. The molecule has 1 aliphatic heterocycles. The van der Waals surface area contributed by atoms with Crippen molar-refractivity contribution in [2.24, 2.45) is 0 Å². The van der Waals surface area contributed by atoms with E-state index in [1.165, 1.54) is 4.90 Å². The summed E-state index contributed by atoms with van der Waals surface area (Å²) in [7, 11) is 0. The second-order valence-electron chi connectivity index (χ2n) is 9.07. The Morgan fingerprint density at radius 1 is 1.03 bits per heavy atom. The zero-order valence-electron chi connectivity index (χ0n) is 20.4. The van der Waals surface area contributed by atoms with Gasteiger partial charge in [0.1, 0.15) is 11.3 Å². The second-order valence-corrected chi connectivity index (χ2v) is 9.07. The number of hydrogen-bond donors (Lipinski definition) is 1. The molecule has 2 heterocycles. The fourth-order valence-corrected chi connectivity index (χ4v) is 4.58. The Bertz CT molecular complexity index is 1430. The number of para-hydroxylation sites is 1. The topological polar surface area (TPSA) is 80.0 Å². The summed E-state index contributed by atoms with van der Waals surface area (Å²) in [4.78, 5) is 28.6. The van der Waals surface area contributed by atoms with Gasteiger partial charge in [0.05, 0.1) is 18.2 Å². The Morgan fingerprint density at radius 2 is 1.72 bits per heavy atom. The first-order chi connectivity index (χ1) is 17.4. The first kappa shape index (κ1) is 23.4. The maximum atomic E-state index is 13.7. The van der Waals surface area contributed by atoms with Gasteiger partial charge in [-0.25, -0.2) is 0 Å². The van der Waals surface area contributed by atoms with Crippen molar-refractivity contribution in [3.63, 3.8) is 0 Å². The predicted octanol–water partition coefficient (Wildman–Crippen LogP) is 6.74. The van der Waals surface area contributed by atoms with Crippen molar-refractivity contribution < 1.29 is 23.8 Å². The summed E-state index contributed by atoms with van der Waals surface area (Å²) in [6.45, 7) is 6.61. The fraction of sp³-hybridized carbons (Fsp3) is 0.200. The number of aliphatic hydroxyl groups excluding tert-OH is 1. The molecule has 1 amide bonds. The Hall–Kier alpha value is -4.32. The lowest BCUT2D eigenvalue weighted by Crippen LogP contribution is -2.31. The van der Waals surface area contributed by atoms with Crippen LogP contribution in [0.4, 0.5) is 5.69 Å². The van der Waals surface area contributed by atoms with E-state index in [1.54, 1.807) is 24.3 Å². The van der Waals surface area contributed by atoms with Gasteiger partial charge >= 0.3 is 0 Å². The molecule has 1 unspecified atom stereocenters. The third kappa shape index (κ3) is 4.05. The number of carbonyl (C=O) groups is 2. The largest absolute Gasteiger partial charge is 0.503 e. The van der Waals surface area contributed by atoms with E-state index in [0.717, 1.165) is 10.9 Å². The van der Waals surface area contributed by atoms with Crippen molar-refractivity contribution in [1.82, 2.24) is 0 Å². The molecule has 0 aliphatic carbocycles. The van der Waals surface area contributed by atoms with Crippen LogP contribution in [0.5, 0.6) is 5.75 Å². The van der Waals surface area contributed by atoms with Crippen molar-refractivity contribution >= 4 is 28.3 Å². The third-order valence-corrected chi connectivity index (χ3v) is 6.45. The number of fused-ring (bicyclic) bond motifs is 1. The van der Waals surface area contributed by atoms with E-state index in [9.17, 15) is 14.7 Å². The van der Waals surface area contributed by atoms with Gasteiger partial charge in [-0.3, -0.25) is 14.5 Å². The van der Waals surface area contributed by atoms with Crippen LogP contribution in [-0.2, 0) is 4.79 Å². The number of anilines is 1. The van der Waals surface area contributed by atoms with Crippen LogP contribution in [-0.4, -0.2) is 23.4 Å². The van der Waals surface area contributed by atoms with E-state index >= 15 is 0 Å². The van der Waals surface area contributed by atoms with Crippen LogP contribution in [0.25, 0.3) is 11.0 Å². The molecule has 5 rings (SSSR count). The number of nitrogens with zero attached hydrogens (tertiary/aromatic N) is 1. The van der Waals surface area contributed by atoms with Gasteiger partial charge in [-0.15, -0.1) is 0 Å². The number of carbonyl (C=O) groups excluding carboxylic acids is 2. The van der Waals surface area contributed by atoms with Gasteiger partial charge in [0, 0.05) is 11.1 Å². The summed E-state index contributed by atoms with van der Waals surface area (Å²) in [5.41, 5.74) is 2.92. The lowest BCUT2D eigenvalue weighted by molar-refractivity contribution is -0.117. The predicted molar refractivity (Wildman–Crippen MR) is 139 cm³/mol. The van der Waals surface area contributed by atoms with Crippen LogP contribution < -0.4 is 9.64 Å². The molecule has 3 aromatic carbocycles. The normalized spacial score (nSPS) is 15.8. The van der Waals surface area contributed by atoms with Gasteiger partial charge in [-0.2, -0.15) is 0 Å². The van der Waals surface area contributed by atoms with Crippen molar-refractivity contribution in [3.05, 3.63) is 107 Å². The molecule has 0 saturated heterocycles. The van der Waals surface area contributed by atoms with E-state index in [0.29, 0.717) is 35.1 Å². The maximum Gasteiger partial charge on any atom is 0.294 e. The number of amides is 1. The van der Waals surface area contributed by atoms with E-state index in [2.05, 4.69) is 13.8 Å². The lowest BCUT2D eigenvalue weighted by Gasteiger charge is -2.27. The number of benzene rings is 3. The molecule has 0 spiro atoms. The molecular weight excluding hydrogens is 454 g/mol. The summed E-state index contributed by atoms with van der Waals surface area (Å²) < 4.78 is 11.4. The van der Waals surface area contributed by atoms with Crippen LogP contribution in [0, 0.1) is 0 Å². The summed E-state index contributed by atoms with van der Waals surface area (Å²) in [5, 5.41) is 11.8. The number of rotatable bonds is 7. The quantitative estimate of drug-likeness (QED) is 0.296. The van der Waals surface area contributed by atoms with Gasteiger partial charge in [-0.1, -0.05) is 56.3 Å². The van der Waals surface area contributed by atoms with Gasteiger partial charge in [0.25, 0.3) is 5.91 Å². The van der Waals surface area contributed by atoms with E-state index in [-0.39, 0.29) is 11.3 Å². The minimum absolute atomic E-state index is 0.0175. The zero-order valence-corrected chi connectivity index (χ0v) is 20.4. The van der Waals surface area contributed by atoms with Gasteiger partial charge in [0.2, 0.25) is 5.78 Å². The van der Waals surface area contributed by atoms with Gasteiger partial charge in [0.15, 0.2) is 11.5 Å². The highest BCUT2D eigenvalue weighted by atomic mass is 16.5. The number of furan rings is 1. The average Bonchev–Trinajstić information content (AvgIpc) is 3.43. The molecule has 6 nitrogen and oxygen atoms in total. The fourth-order valence-electron chi connectivity index (χ4n) is 4.58. The minimum atomic E-state index is -0.834. The highest BCUT2D eigenvalue weighted by Crippen LogP contribution is 2.43. The smallest absolute Gasteiger partial charge is 0.294 e. The van der Waals surface area contributed by atoms with Crippen LogP contribution >= 0.6 is 0 Å². The molecule has 182 valence electrons. The highest BCUT2D eigenvalue weighted by molar-refractivity contribution is 6.20. The first-order valence-corrected chi connectivity index (χ1v) is 12.0. The molecule has 6 heteroatoms. The average molecular weight is 482 g/mol. The van der Waals surface area contributed by atoms with Crippen LogP contribution in [0.1, 0.15) is 54.4 Å². The molecule has 1 aromatic heterocycles. The number of ketones is 1. The summed E-state index contributed by atoms with van der Waals surface area (Å²) >= 11 is 0. The Kier molecular flexibility index (Phi) is 6.10. The minimum Gasteiger partial charge on any atom is -0.503 e. The van der Waals surface area contributed by atoms with Crippen molar-refractivity contribution in [2.45, 2.75) is 32.7 Å². The maximum absolute atomic E-state index is 13.7. The Morgan fingerprint density at radius 3 is 2.36 bits per heavy atom. The van der Waals surface area contributed by atoms with E-state index in [1.807, 2.05) is 61.5 Å². The van der Waals surface area contributed by atoms with E-state index in [4.69, 9.17) is 9.15 Å². The molecule has 0 fully saturated rings. The SMILES string of the molecule is CCOc1ccc(C2C(C(=O)c3cc4ccccc4o3)=C(O)C(=O)N2c2ccc(C(C)C)cc2)cc1. The monoisotopic (exact) mass is 481 g/mol. The molecule has 36 heavy (non-hydrogen) atoms. The van der Waals surface area contributed by atoms with E-state index < -0.39 is 23.5 Å². The van der Waals surface area contributed by atoms with Gasteiger partial charge < -0.3 is 14.3 Å². The van der Waals surface area contributed by atoms with Gasteiger partial charge in [-0.05, 0) is 60.4 Å². The van der Waals surface area contributed by atoms with Crippen LogP contribution in [0.15, 0.2) is 94.6 Å². The lowest BCUT2D eigenvalue weighted by atomic mass is 9.94. The van der Waals surface area contributed by atoms with Crippen LogP contribution in [0.3, 0.4) is 0 Å². The molecule has 0 saturated carbocycles. The van der Waals surface area contributed by atoms with Crippen molar-refractivity contribution in [1.29, 1.82) is 0 Å². The third-order valence-electron chi connectivity index (χ3n) is 6.45. The number of aliphatic hydroxyl groups is 1. The summed E-state index contributed by atoms with van der Waals surface area (Å²) in [5.74, 6) is -0.669. The zero-order chi connectivity index (χ0) is 25.4. The molecule has 0 radical (unpaired) electrons. The Balaban J connectivity index is 1.61. The molecule has 4 aromatic rings. The van der Waals surface area contributed by atoms with Crippen LogP contribution in [0.2, 0.25) is 0 Å². The molecule has 1 N–H and O–H groups in total. The second kappa shape index (κ2) is 9.38. The number of Topliss-reactive ketones (excluding diaryl/α,β-unsaturated/α-hetero) is 1. The van der Waals surface area contributed by atoms with Crippen molar-refractivity contribution in [2.75, 3.05) is 11.5 Å². The Labute approximate surface area is 209 Å². The molecule has 1 atom stereocenters. The summed E-state index contributed by atoms with van der Waals surface area (Å²) in [6.07, 6.45) is 0. The molecule has 0 bridgehead atoms.